The Kier molecular flexibility index (Phi) is 9.75. The normalized spacial score (nSPS) is 13.2. The van der Waals surface area contributed by atoms with Crippen molar-refractivity contribution in [2.75, 3.05) is 17.1 Å². The summed E-state index contributed by atoms with van der Waals surface area (Å²) in [7, 11) is -3.79. The molecule has 0 aliphatic carbocycles. The molecule has 2 aromatic rings. The van der Waals surface area contributed by atoms with Crippen molar-refractivity contribution >= 4 is 55.1 Å². The van der Waals surface area contributed by atoms with Crippen LogP contribution < -0.4 is 9.62 Å². The Balaban J connectivity index is 2.38. The van der Waals surface area contributed by atoms with E-state index in [4.69, 9.17) is 11.6 Å². The van der Waals surface area contributed by atoms with Crippen molar-refractivity contribution in [2.45, 2.75) is 45.8 Å². The number of nitrogens with zero attached hydrogens (tertiary/aromatic N) is 2. The van der Waals surface area contributed by atoms with Gasteiger partial charge in [0, 0.05) is 22.1 Å². The molecule has 33 heavy (non-hydrogen) atoms. The molecule has 0 spiro atoms. The minimum absolute atomic E-state index is 0.0539. The van der Waals surface area contributed by atoms with Gasteiger partial charge >= 0.3 is 0 Å². The number of sulfonamides is 1. The second-order valence-electron chi connectivity index (χ2n) is 7.89. The van der Waals surface area contributed by atoms with Gasteiger partial charge in [-0.2, -0.15) is 0 Å². The topological polar surface area (TPSA) is 86.8 Å². The predicted molar refractivity (Wildman–Crippen MR) is 136 cm³/mol. The standard InChI is InChI=1S/C23H29BrClN3O4S/c1-5-16(2)26-23(30)17(3)27(14-18-8-6-9-19(24)12-18)22(29)15-28(33(4,31)32)21-11-7-10-20(25)13-21/h6-13,16-17H,5,14-15H2,1-4H3,(H,26,30)/t16-,17+/m0/s1. The van der Waals surface area contributed by atoms with E-state index in [0.717, 1.165) is 27.0 Å². The van der Waals surface area contributed by atoms with Crippen LogP contribution in [0.2, 0.25) is 5.02 Å². The predicted octanol–water partition coefficient (Wildman–Crippen LogP) is 4.20. The van der Waals surface area contributed by atoms with Crippen LogP contribution in [0, 0.1) is 0 Å². The second-order valence-corrected chi connectivity index (χ2v) is 11.2. The van der Waals surface area contributed by atoms with Crippen LogP contribution in [0.4, 0.5) is 5.69 Å². The molecule has 2 rings (SSSR count). The molecule has 10 heteroatoms. The van der Waals surface area contributed by atoms with Gasteiger partial charge in [0.25, 0.3) is 0 Å². The molecule has 0 fully saturated rings. The number of carbonyl (C=O) groups excluding carboxylic acids is 2. The van der Waals surface area contributed by atoms with E-state index >= 15 is 0 Å². The summed E-state index contributed by atoms with van der Waals surface area (Å²) in [6.07, 6.45) is 1.77. The highest BCUT2D eigenvalue weighted by Gasteiger charge is 2.30. The molecule has 180 valence electrons. The number of anilines is 1. The Bertz CT molecular complexity index is 1100. The Hall–Kier alpha value is -2.10. The summed E-state index contributed by atoms with van der Waals surface area (Å²) >= 11 is 9.46. The first-order valence-electron chi connectivity index (χ1n) is 10.5. The lowest BCUT2D eigenvalue weighted by atomic mass is 10.1. The quantitative estimate of drug-likeness (QED) is 0.474. The van der Waals surface area contributed by atoms with Gasteiger partial charge in [-0.05, 0) is 56.2 Å². The molecule has 1 N–H and O–H groups in total. The zero-order chi connectivity index (χ0) is 24.8. The summed E-state index contributed by atoms with van der Waals surface area (Å²) < 4.78 is 26.9. The molecule has 2 amide bonds. The van der Waals surface area contributed by atoms with Gasteiger partial charge in [-0.3, -0.25) is 13.9 Å². The first-order chi connectivity index (χ1) is 15.4. The minimum Gasteiger partial charge on any atom is -0.352 e. The zero-order valence-electron chi connectivity index (χ0n) is 19.1. The molecular formula is C23H29BrClN3O4S. The third kappa shape index (κ3) is 8.01. The summed E-state index contributed by atoms with van der Waals surface area (Å²) in [4.78, 5) is 27.7. The molecule has 0 aliphatic rings. The van der Waals surface area contributed by atoms with Crippen LogP contribution in [0.15, 0.2) is 53.0 Å². The number of hydrogen-bond donors (Lipinski definition) is 1. The van der Waals surface area contributed by atoms with E-state index in [1.54, 1.807) is 25.1 Å². The first kappa shape index (κ1) is 27.1. The largest absolute Gasteiger partial charge is 0.352 e. The number of benzene rings is 2. The van der Waals surface area contributed by atoms with E-state index in [1.807, 2.05) is 38.1 Å². The fraction of sp³-hybridized carbons (Fsp3) is 0.391. The Morgan fingerprint density at radius 2 is 1.79 bits per heavy atom. The molecule has 2 atom stereocenters. The molecular weight excluding hydrogens is 530 g/mol. The van der Waals surface area contributed by atoms with E-state index in [9.17, 15) is 18.0 Å². The highest BCUT2D eigenvalue weighted by molar-refractivity contribution is 9.10. The van der Waals surface area contributed by atoms with E-state index in [2.05, 4.69) is 21.2 Å². The fourth-order valence-electron chi connectivity index (χ4n) is 3.13. The van der Waals surface area contributed by atoms with Gasteiger partial charge in [0.1, 0.15) is 12.6 Å². The van der Waals surface area contributed by atoms with E-state index in [0.29, 0.717) is 5.02 Å². The van der Waals surface area contributed by atoms with Crippen LogP contribution in [-0.4, -0.2) is 50.0 Å². The van der Waals surface area contributed by atoms with Crippen molar-refractivity contribution in [2.24, 2.45) is 0 Å². The van der Waals surface area contributed by atoms with Crippen molar-refractivity contribution in [3.05, 3.63) is 63.6 Å². The SMILES string of the molecule is CC[C@H](C)NC(=O)[C@@H](C)N(Cc1cccc(Br)c1)C(=O)CN(c1cccc(Cl)c1)S(C)(=O)=O. The zero-order valence-corrected chi connectivity index (χ0v) is 22.2. The first-order valence-corrected chi connectivity index (χ1v) is 13.5. The summed E-state index contributed by atoms with van der Waals surface area (Å²) in [5.74, 6) is -0.812. The van der Waals surface area contributed by atoms with Gasteiger partial charge in [-0.1, -0.05) is 52.7 Å². The van der Waals surface area contributed by atoms with Gasteiger partial charge in [0.15, 0.2) is 0 Å². The second kappa shape index (κ2) is 11.9. The van der Waals surface area contributed by atoms with E-state index < -0.39 is 28.5 Å². The highest BCUT2D eigenvalue weighted by atomic mass is 79.9. The monoisotopic (exact) mass is 557 g/mol. The highest BCUT2D eigenvalue weighted by Crippen LogP contribution is 2.23. The Labute approximate surface area is 209 Å². The average Bonchev–Trinajstić information content (AvgIpc) is 2.74. The van der Waals surface area contributed by atoms with Gasteiger partial charge in [-0.25, -0.2) is 8.42 Å². The molecule has 7 nitrogen and oxygen atoms in total. The lowest BCUT2D eigenvalue weighted by molar-refractivity contribution is -0.139. The number of amides is 2. The third-order valence-corrected chi connectivity index (χ3v) is 7.05. The van der Waals surface area contributed by atoms with Crippen LogP contribution in [0.5, 0.6) is 0 Å². The van der Waals surface area contributed by atoms with E-state index in [-0.39, 0.29) is 24.2 Å². The van der Waals surface area contributed by atoms with E-state index in [1.165, 1.54) is 11.0 Å². The summed E-state index contributed by atoms with van der Waals surface area (Å²) in [6.45, 7) is 5.15. The van der Waals surface area contributed by atoms with Gasteiger partial charge in [-0.15, -0.1) is 0 Å². The average molecular weight is 559 g/mol. The van der Waals surface area contributed by atoms with Crippen LogP contribution in [0.1, 0.15) is 32.8 Å². The van der Waals surface area contributed by atoms with Crippen LogP contribution >= 0.6 is 27.5 Å². The van der Waals surface area contributed by atoms with Crippen molar-refractivity contribution < 1.29 is 18.0 Å². The molecule has 0 radical (unpaired) electrons. The Morgan fingerprint density at radius 1 is 1.12 bits per heavy atom. The molecule has 0 aromatic heterocycles. The van der Waals surface area contributed by atoms with Crippen molar-refractivity contribution in [1.29, 1.82) is 0 Å². The summed E-state index contributed by atoms with van der Waals surface area (Å²) in [5.41, 5.74) is 1.08. The maximum Gasteiger partial charge on any atom is 0.244 e. The maximum absolute atomic E-state index is 13.4. The lowest BCUT2D eigenvalue weighted by Gasteiger charge is -2.32. The van der Waals surface area contributed by atoms with Crippen molar-refractivity contribution in [3.63, 3.8) is 0 Å². The fourth-order valence-corrected chi connectivity index (χ4v) is 4.60. The number of hydrogen-bond acceptors (Lipinski definition) is 4. The molecule has 0 bridgehead atoms. The molecule has 0 unspecified atom stereocenters. The van der Waals surface area contributed by atoms with Crippen molar-refractivity contribution in [3.8, 4) is 0 Å². The minimum atomic E-state index is -3.79. The van der Waals surface area contributed by atoms with Gasteiger partial charge < -0.3 is 10.2 Å². The lowest BCUT2D eigenvalue weighted by Crippen LogP contribution is -2.52. The third-order valence-electron chi connectivity index (χ3n) is 5.19. The van der Waals surface area contributed by atoms with Crippen molar-refractivity contribution in [1.82, 2.24) is 10.2 Å². The molecule has 0 heterocycles. The number of nitrogens with one attached hydrogen (secondary N) is 1. The van der Waals surface area contributed by atoms with Gasteiger partial charge in [0.05, 0.1) is 11.9 Å². The molecule has 2 aromatic carbocycles. The summed E-state index contributed by atoms with van der Waals surface area (Å²) in [6, 6.07) is 12.8. The summed E-state index contributed by atoms with van der Waals surface area (Å²) in [5, 5.41) is 3.24. The number of rotatable bonds is 10. The number of carbonyl (C=O) groups is 2. The van der Waals surface area contributed by atoms with Crippen LogP contribution in [0.25, 0.3) is 0 Å². The van der Waals surface area contributed by atoms with Gasteiger partial charge in [0.2, 0.25) is 21.8 Å². The Morgan fingerprint density at radius 3 is 2.36 bits per heavy atom. The molecule has 0 saturated carbocycles. The smallest absolute Gasteiger partial charge is 0.244 e. The number of halogens is 2. The molecule has 0 saturated heterocycles. The maximum atomic E-state index is 13.4. The van der Waals surface area contributed by atoms with Crippen LogP contribution in [-0.2, 0) is 26.2 Å². The van der Waals surface area contributed by atoms with Crippen LogP contribution in [0.3, 0.4) is 0 Å². The molecule has 0 aliphatic heterocycles.